The van der Waals surface area contributed by atoms with Crippen LogP contribution in [0.3, 0.4) is 0 Å². The van der Waals surface area contributed by atoms with Gasteiger partial charge in [0.05, 0.1) is 44.4 Å². The minimum Gasteiger partial charge on any atom is -0.493 e. The van der Waals surface area contributed by atoms with Crippen LogP contribution in [-0.2, 0) is 32.1 Å². The molecule has 4 heterocycles. The summed E-state index contributed by atoms with van der Waals surface area (Å²) in [6.07, 6.45) is 3.71. The first-order valence-electron chi connectivity index (χ1n) is 14.6. The predicted molar refractivity (Wildman–Crippen MR) is 163 cm³/mol. The Morgan fingerprint density at radius 3 is 2.80 bits per heavy atom. The van der Waals surface area contributed by atoms with Gasteiger partial charge in [0, 0.05) is 39.4 Å². The van der Waals surface area contributed by atoms with Crippen molar-refractivity contribution in [1.29, 1.82) is 0 Å². The minimum absolute atomic E-state index is 0.0833. The number of carbonyl (C=O) groups excluding carboxylic acids is 2. The molecule has 2 amide bonds. The van der Waals surface area contributed by atoms with Gasteiger partial charge in [0.2, 0.25) is 11.8 Å². The SMILES string of the molecule is COCCN1CC(=O)N[C@H]2CN(c3ncnc4[nH]ccc34)C[C@@H]2OCc2cccc(c2)Oc2cc(ccc2OC)CCC1=O. The molecule has 2 atom stereocenters. The topological polar surface area (TPSA) is 131 Å². The second-order valence-corrected chi connectivity index (χ2v) is 10.9. The molecule has 0 unspecified atom stereocenters. The van der Waals surface area contributed by atoms with E-state index < -0.39 is 0 Å². The van der Waals surface area contributed by atoms with Crippen molar-refractivity contribution >= 4 is 28.7 Å². The highest BCUT2D eigenvalue weighted by Gasteiger charge is 2.36. The average Bonchev–Trinajstić information content (AvgIpc) is 3.68. The lowest BCUT2D eigenvalue weighted by molar-refractivity contribution is -0.137. The number of nitrogens with one attached hydrogen (secondary N) is 2. The van der Waals surface area contributed by atoms with Crippen molar-refractivity contribution in [2.24, 2.45) is 0 Å². The van der Waals surface area contributed by atoms with Gasteiger partial charge in [0.15, 0.2) is 11.5 Å². The van der Waals surface area contributed by atoms with Crippen LogP contribution in [-0.4, -0.2) is 90.8 Å². The van der Waals surface area contributed by atoms with E-state index in [-0.39, 0.29) is 36.9 Å². The van der Waals surface area contributed by atoms with Crippen molar-refractivity contribution < 1.29 is 28.5 Å². The molecule has 0 radical (unpaired) electrons. The number of aromatic nitrogens is 3. The summed E-state index contributed by atoms with van der Waals surface area (Å²) in [7, 11) is 3.17. The van der Waals surface area contributed by atoms with Gasteiger partial charge < -0.3 is 39.0 Å². The van der Waals surface area contributed by atoms with Crippen LogP contribution in [0, 0.1) is 0 Å². The molecule has 6 rings (SSSR count). The fraction of sp³-hybridized carbons (Fsp3) is 0.375. The number of ether oxygens (including phenoxy) is 4. The standard InChI is InChI=1S/C32H36N6O6/c1-41-13-12-37-18-29(39)36-25-16-38(32-24-10-11-33-31(24)34-20-35-32)17-28(25)43-19-22-4-3-5-23(14-22)44-27-15-21(7-9-30(37)40)6-8-26(27)42-2/h3-6,8,10-11,14-15,20,25,28H,7,9,12-13,16-19H2,1-2H3,(H,36,39)(H,33,34,35)/t25-,28-/m0/s1. The molecular formula is C32H36N6O6. The molecule has 12 nitrogen and oxygen atoms in total. The van der Waals surface area contributed by atoms with Crippen LogP contribution in [0.15, 0.2) is 61.1 Å². The maximum Gasteiger partial charge on any atom is 0.239 e. The molecule has 1 saturated heterocycles. The van der Waals surface area contributed by atoms with Crippen LogP contribution in [0.1, 0.15) is 17.5 Å². The maximum atomic E-state index is 13.4. The molecule has 1 fully saturated rings. The molecule has 2 aliphatic heterocycles. The van der Waals surface area contributed by atoms with Gasteiger partial charge in [0.1, 0.15) is 23.5 Å². The maximum absolute atomic E-state index is 13.4. The molecule has 2 aromatic heterocycles. The number of hydrogen-bond acceptors (Lipinski definition) is 9. The highest BCUT2D eigenvalue weighted by atomic mass is 16.5. The number of rotatable bonds is 5. The lowest BCUT2D eigenvalue weighted by Gasteiger charge is -2.25. The zero-order valence-corrected chi connectivity index (χ0v) is 24.8. The number of aryl methyl sites for hydroxylation is 1. The molecule has 12 heteroatoms. The Balaban J connectivity index is 1.30. The second kappa shape index (κ2) is 13.3. The summed E-state index contributed by atoms with van der Waals surface area (Å²) in [5.74, 6) is 2.15. The third-order valence-electron chi connectivity index (χ3n) is 7.94. The Kier molecular flexibility index (Phi) is 8.89. The molecule has 0 spiro atoms. The number of amides is 2. The van der Waals surface area contributed by atoms with E-state index in [1.54, 1.807) is 19.1 Å². The van der Waals surface area contributed by atoms with E-state index in [0.29, 0.717) is 56.5 Å². The van der Waals surface area contributed by atoms with Gasteiger partial charge in [-0.2, -0.15) is 0 Å². The molecular weight excluding hydrogens is 564 g/mol. The summed E-state index contributed by atoms with van der Waals surface area (Å²) in [6.45, 7) is 1.84. The summed E-state index contributed by atoms with van der Waals surface area (Å²) in [5.41, 5.74) is 2.58. The molecule has 2 aromatic carbocycles. The van der Waals surface area contributed by atoms with E-state index >= 15 is 0 Å². The summed E-state index contributed by atoms with van der Waals surface area (Å²) in [5, 5.41) is 4.04. The molecule has 4 bridgehead atoms. The minimum atomic E-state index is -0.341. The van der Waals surface area contributed by atoms with Crippen molar-refractivity contribution in [3.8, 4) is 17.2 Å². The van der Waals surface area contributed by atoms with E-state index in [0.717, 1.165) is 28.0 Å². The number of anilines is 1. The van der Waals surface area contributed by atoms with Crippen molar-refractivity contribution in [2.75, 3.05) is 51.9 Å². The van der Waals surface area contributed by atoms with Gasteiger partial charge in [-0.25, -0.2) is 9.97 Å². The van der Waals surface area contributed by atoms with Gasteiger partial charge in [-0.1, -0.05) is 18.2 Å². The van der Waals surface area contributed by atoms with Crippen LogP contribution in [0.4, 0.5) is 5.82 Å². The summed E-state index contributed by atoms with van der Waals surface area (Å²) in [6, 6.07) is 14.9. The first kappa shape index (κ1) is 29.4. The van der Waals surface area contributed by atoms with Gasteiger partial charge >= 0.3 is 0 Å². The van der Waals surface area contributed by atoms with E-state index in [2.05, 4.69) is 25.2 Å². The normalized spacial score (nSPS) is 19.6. The van der Waals surface area contributed by atoms with Crippen molar-refractivity contribution in [3.05, 3.63) is 72.2 Å². The molecule has 4 aromatic rings. The Hall–Kier alpha value is -4.68. The Morgan fingerprint density at radius 2 is 1.93 bits per heavy atom. The molecule has 2 N–H and O–H groups in total. The fourth-order valence-electron chi connectivity index (χ4n) is 5.68. The predicted octanol–water partition coefficient (Wildman–Crippen LogP) is 3.07. The van der Waals surface area contributed by atoms with E-state index in [9.17, 15) is 9.59 Å². The fourth-order valence-corrected chi connectivity index (χ4v) is 5.68. The lowest BCUT2D eigenvalue weighted by atomic mass is 10.1. The van der Waals surface area contributed by atoms with Crippen molar-refractivity contribution in [3.63, 3.8) is 0 Å². The smallest absolute Gasteiger partial charge is 0.239 e. The van der Waals surface area contributed by atoms with E-state index in [4.69, 9.17) is 18.9 Å². The number of carbonyl (C=O) groups is 2. The van der Waals surface area contributed by atoms with Crippen molar-refractivity contribution in [1.82, 2.24) is 25.2 Å². The van der Waals surface area contributed by atoms with Crippen LogP contribution < -0.4 is 19.7 Å². The molecule has 0 saturated carbocycles. The third kappa shape index (κ3) is 6.61. The first-order valence-corrected chi connectivity index (χ1v) is 14.6. The van der Waals surface area contributed by atoms with Gasteiger partial charge in [-0.3, -0.25) is 9.59 Å². The number of hydrogen-bond donors (Lipinski definition) is 2. The lowest BCUT2D eigenvalue weighted by Crippen LogP contribution is -2.49. The Morgan fingerprint density at radius 1 is 1.02 bits per heavy atom. The molecule has 0 aliphatic carbocycles. The number of aromatic amines is 1. The van der Waals surface area contributed by atoms with Gasteiger partial charge in [0.25, 0.3) is 0 Å². The highest BCUT2D eigenvalue weighted by molar-refractivity contribution is 5.88. The zero-order valence-electron chi connectivity index (χ0n) is 24.8. The highest BCUT2D eigenvalue weighted by Crippen LogP contribution is 2.34. The summed E-state index contributed by atoms with van der Waals surface area (Å²) < 4.78 is 23.5. The average molecular weight is 601 g/mol. The summed E-state index contributed by atoms with van der Waals surface area (Å²) >= 11 is 0. The molecule has 230 valence electrons. The van der Waals surface area contributed by atoms with Crippen LogP contribution in [0.25, 0.3) is 11.0 Å². The quantitative estimate of drug-likeness (QED) is 0.355. The van der Waals surface area contributed by atoms with E-state index in [1.165, 1.54) is 6.33 Å². The monoisotopic (exact) mass is 600 g/mol. The molecule has 44 heavy (non-hydrogen) atoms. The van der Waals surface area contributed by atoms with Crippen LogP contribution in [0.2, 0.25) is 0 Å². The second-order valence-electron chi connectivity index (χ2n) is 10.9. The number of H-pyrrole nitrogens is 1. The Bertz CT molecular complexity index is 1630. The third-order valence-corrected chi connectivity index (χ3v) is 7.94. The van der Waals surface area contributed by atoms with E-state index in [1.807, 2.05) is 54.7 Å². The summed E-state index contributed by atoms with van der Waals surface area (Å²) in [4.78, 5) is 42.4. The van der Waals surface area contributed by atoms with Crippen molar-refractivity contribution in [2.45, 2.75) is 31.6 Å². The first-order chi connectivity index (χ1) is 21.5. The number of fused-ring (bicyclic) bond motifs is 6. The van der Waals surface area contributed by atoms with Crippen LogP contribution >= 0.6 is 0 Å². The van der Waals surface area contributed by atoms with Gasteiger partial charge in [-0.15, -0.1) is 0 Å². The zero-order chi connectivity index (χ0) is 30.5. The Labute approximate surface area is 255 Å². The number of benzene rings is 2. The number of methoxy groups -OCH3 is 2. The molecule has 2 aliphatic rings. The van der Waals surface area contributed by atoms with Gasteiger partial charge in [-0.05, 0) is 47.9 Å². The largest absolute Gasteiger partial charge is 0.493 e. The number of nitrogens with zero attached hydrogens (tertiary/aromatic N) is 4. The van der Waals surface area contributed by atoms with Crippen LogP contribution in [0.5, 0.6) is 17.2 Å².